The van der Waals surface area contributed by atoms with Crippen molar-refractivity contribution in [1.82, 2.24) is 29.7 Å². The summed E-state index contributed by atoms with van der Waals surface area (Å²) in [6, 6.07) is -0.645. The van der Waals surface area contributed by atoms with Crippen molar-refractivity contribution in [2.24, 2.45) is 0 Å². The average Bonchev–Trinajstić information content (AvgIpc) is 3.18. The van der Waals surface area contributed by atoms with Gasteiger partial charge in [0.2, 0.25) is 7.44 Å². The molecule has 1 unspecified atom stereocenters. The minimum absolute atomic E-state index is 0.259. The Morgan fingerprint density at radius 1 is 1.25 bits per heavy atom. The molecule has 13 nitrogen and oxygen atoms in total. The summed E-state index contributed by atoms with van der Waals surface area (Å²) in [7, 11) is -3.61. The van der Waals surface area contributed by atoms with Gasteiger partial charge in [-0.2, -0.15) is 0 Å². The molecule has 0 radical (unpaired) electrons. The Hall–Kier alpha value is -2.60. The lowest BCUT2D eigenvalue weighted by Gasteiger charge is -2.32. The fourth-order valence-corrected chi connectivity index (χ4v) is 6.02. The van der Waals surface area contributed by atoms with E-state index in [1.807, 2.05) is 6.92 Å². The van der Waals surface area contributed by atoms with E-state index >= 15 is 0 Å². The summed E-state index contributed by atoms with van der Waals surface area (Å²) in [5.41, 5.74) is 5.54. The van der Waals surface area contributed by atoms with Gasteiger partial charge in [0.15, 0.2) is 11.5 Å². The number of carbonyl (C=O) groups excluding carboxylic acids is 1. The molecular formula is C22H38N7O6P. The van der Waals surface area contributed by atoms with Crippen molar-refractivity contribution >= 4 is 36.4 Å². The second-order valence-electron chi connectivity index (χ2n) is 9.38. The zero-order valence-electron chi connectivity index (χ0n) is 21.6. The highest BCUT2D eigenvalue weighted by molar-refractivity contribution is 7.59. The quantitative estimate of drug-likeness (QED) is 0.142. The second-order valence-corrected chi connectivity index (χ2v) is 11.6. The van der Waals surface area contributed by atoms with E-state index in [1.54, 1.807) is 38.6 Å². The number of hydrogen-bond acceptors (Lipinski definition) is 9. The van der Waals surface area contributed by atoms with Gasteiger partial charge in [-0.3, -0.25) is 14.2 Å². The van der Waals surface area contributed by atoms with Crippen LogP contribution in [0.3, 0.4) is 0 Å². The van der Waals surface area contributed by atoms with Crippen LogP contribution in [0.2, 0.25) is 0 Å². The Balaban J connectivity index is 2.10. The number of esters is 1. The molecule has 2 rings (SSSR count). The zero-order valence-corrected chi connectivity index (χ0v) is 22.5. The molecule has 5 N–H and O–H groups in total. The van der Waals surface area contributed by atoms with Crippen molar-refractivity contribution in [3.05, 3.63) is 12.7 Å². The number of nitrogen functional groups attached to an aromatic ring is 1. The van der Waals surface area contributed by atoms with Crippen LogP contribution in [-0.4, -0.2) is 67.2 Å². The highest BCUT2D eigenvalue weighted by atomic mass is 31.2. The Labute approximate surface area is 211 Å². The number of ether oxygens (including phenoxy) is 2. The average molecular weight is 528 g/mol. The number of nitrogens with one attached hydrogen (secondary N) is 2. The molecule has 2 heterocycles. The molecule has 0 saturated heterocycles. The van der Waals surface area contributed by atoms with Crippen LogP contribution in [0, 0.1) is 0 Å². The highest BCUT2D eigenvalue weighted by Crippen LogP contribution is 2.40. The van der Waals surface area contributed by atoms with Crippen molar-refractivity contribution in [3.8, 4) is 0 Å². The fourth-order valence-electron chi connectivity index (χ4n) is 3.55. The molecular weight excluding hydrogens is 489 g/mol. The number of rotatable bonds is 16. The van der Waals surface area contributed by atoms with Gasteiger partial charge in [-0.1, -0.05) is 19.8 Å². The summed E-state index contributed by atoms with van der Waals surface area (Å²) in [4.78, 5) is 36.2. The summed E-state index contributed by atoms with van der Waals surface area (Å²) in [5, 5.41) is 14.8. The number of fused-ring (bicyclic) bond motifs is 1. The first-order chi connectivity index (χ1) is 16.9. The second kappa shape index (κ2) is 13.1. The van der Waals surface area contributed by atoms with Crippen LogP contribution in [0.4, 0.5) is 5.82 Å². The molecule has 0 aliphatic rings. The standard InChI is InChI=1S/C22H38N7O6P/c1-6-7-8-9-34-21(32)22(4,5)28-36(33,27-15(2)10-17(30)31)14-35-16(3)11-29-13-26-18-19(23)24-12-25-20(18)29/h12-13,15-16H,6-11,14H2,1-5H3,(H,30,31)(H2,23,24,25)(H2,27,28,33)/t15-,16?,36+/m0/s1. The van der Waals surface area contributed by atoms with Crippen LogP contribution in [0.15, 0.2) is 12.7 Å². The van der Waals surface area contributed by atoms with Crippen LogP contribution < -0.4 is 15.9 Å². The zero-order chi connectivity index (χ0) is 26.9. The summed E-state index contributed by atoms with van der Waals surface area (Å²) in [6.07, 6.45) is 4.59. The minimum atomic E-state index is -3.61. The van der Waals surface area contributed by atoms with E-state index in [1.165, 1.54) is 6.33 Å². The third-order valence-corrected chi connectivity index (χ3v) is 7.58. The minimum Gasteiger partial charge on any atom is -0.481 e. The van der Waals surface area contributed by atoms with Gasteiger partial charge in [0, 0.05) is 6.04 Å². The smallest absolute Gasteiger partial charge is 0.326 e. The maximum Gasteiger partial charge on any atom is 0.326 e. The Kier molecular flexibility index (Phi) is 10.8. The lowest BCUT2D eigenvalue weighted by molar-refractivity contribution is -0.149. The van der Waals surface area contributed by atoms with Gasteiger partial charge in [0.05, 0.1) is 32.0 Å². The van der Waals surface area contributed by atoms with Crippen molar-refractivity contribution < 1.29 is 28.7 Å². The molecule has 0 aliphatic heterocycles. The van der Waals surface area contributed by atoms with E-state index in [-0.39, 0.29) is 25.2 Å². The first-order valence-corrected chi connectivity index (χ1v) is 13.8. The highest BCUT2D eigenvalue weighted by Gasteiger charge is 2.38. The Bertz CT molecular complexity index is 1080. The van der Waals surface area contributed by atoms with Crippen LogP contribution in [-0.2, 0) is 30.2 Å². The molecule has 0 bridgehead atoms. The molecule has 0 spiro atoms. The Morgan fingerprint density at radius 2 is 1.97 bits per heavy atom. The van der Waals surface area contributed by atoms with Gasteiger partial charge >= 0.3 is 11.9 Å². The molecule has 2 aromatic rings. The molecule has 202 valence electrons. The molecule has 0 fully saturated rings. The molecule has 36 heavy (non-hydrogen) atoms. The molecule has 0 amide bonds. The first-order valence-electron chi connectivity index (χ1n) is 11.9. The number of hydrogen-bond donors (Lipinski definition) is 4. The monoisotopic (exact) mass is 527 g/mol. The lowest BCUT2D eigenvalue weighted by Crippen LogP contribution is -2.49. The predicted molar refractivity (Wildman–Crippen MR) is 135 cm³/mol. The number of aliphatic carboxylic acids is 1. The summed E-state index contributed by atoms with van der Waals surface area (Å²) in [5.74, 6) is -1.33. The van der Waals surface area contributed by atoms with Gasteiger partial charge in [0.1, 0.15) is 23.7 Å². The number of unbranched alkanes of at least 4 members (excludes halogenated alkanes) is 2. The summed E-state index contributed by atoms with van der Waals surface area (Å²) < 4.78 is 26.9. The maximum absolute atomic E-state index is 13.9. The van der Waals surface area contributed by atoms with E-state index in [4.69, 9.17) is 20.3 Å². The van der Waals surface area contributed by atoms with Crippen molar-refractivity contribution in [1.29, 1.82) is 0 Å². The van der Waals surface area contributed by atoms with Crippen LogP contribution in [0.1, 0.15) is 60.3 Å². The van der Waals surface area contributed by atoms with Gasteiger partial charge in [0.25, 0.3) is 0 Å². The van der Waals surface area contributed by atoms with E-state index in [0.717, 1.165) is 19.3 Å². The summed E-state index contributed by atoms with van der Waals surface area (Å²) >= 11 is 0. The van der Waals surface area contributed by atoms with Crippen LogP contribution >= 0.6 is 7.44 Å². The number of carbonyl (C=O) groups is 2. The molecule has 0 aliphatic carbocycles. The fraction of sp³-hybridized carbons (Fsp3) is 0.682. The topological polar surface area (TPSA) is 184 Å². The lowest BCUT2D eigenvalue weighted by atomic mass is 10.1. The summed E-state index contributed by atoms with van der Waals surface area (Å²) in [6.45, 7) is 9.17. The van der Waals surface area contributed by atoms with E-state index in [9.17, 15) is 14.2 Å². The molecule has 3 atom stereocenters. The number of aromatic nitrogens is 4. The third kappa shape index (κ3) is 8.81. The number of carboxylic acid groups (broad SMARTS) is 1. The SMILES string of the molecule is CCCCCOC(=O)C(C)(C)N[P@@](=O)(COC(C)Cn1cnc2c(N)ncnc21)N[C@@H](C)CC(=O)O. The van der Waals surface area contributed by atoms with Crippen molar-refractivity contribution in [2.75, 3.05) is 18.7 Å². The number of imidazole rings is 1. The van der Waals surface area contributed by atoms with E-state index in [0.29, 0.717) is 17.7 Å². The maximum atomic E-state index is 13.9. The van der Waals surface area contributed by atoms with Gasteiger partial charge in [-0.05, 0) is 34.1 Å². The predicted octanol–water partition coefficient (Wildman–Crippen LogP) is 2.52. The third-order valence-electron chi connectivity index (χ3n) is 5.29. The van der Waals surface area contributed by atoms with Crippen molar-refractivity contribution in [3.63, 3.8) is 0 Å². The van der Waals surface area contributed by atoms with E-state index < -0.39 is 37.1 Å². The van der Waals surface area contributed by atoms with Gasteiger partial charge in [-0.25, -0.2) is 25.1 Å². The molecule has 14 heteroatoms. The van der Waals surface area contributed by atoms with Crippen molar-refractivity contribution in [2.45, 2.75) is 84.5 Å². The van der Waals surface area contributed by atoms with Crippen LogP contribution in [0.25, 0.3) is 11.2 Å². The molecule has 0 saturated carbocycles. The molecule has 2 aromatic heterocycles. The molecule has 0 aromatic carbocycles. The van der Waals surface area contributed by atoms with Crippen LogP contribution in [0.5, 0.6) is 0 Å². The normalized spacial score (nSPS) is 15.4. The number of carboxylic acids is 1. The number of nitrogens with two attached hydrogens (primary N) is 1. The Morgan fingerprint density at radius 3 is 2.64 bits per heavy atom. The number of anilines is 1. The largest absolute Gasteiger partial charge is 0.481 e. The first kappa shape index (κ1) is 29.6. The van der Waals surface area contributed by atoms with E-state index in [2.05, 4.69) is 25.1 Å². The van der Waals surface area contributed by atoms with Gasteiger partial charge in [-0.15, -0.1) is 0 Å². The van der Waals surface area contributed by atoms with Gasteiger partial charge < -0.3 is 24.9 Å². The number of nitrogens with zero attached hydrogens (tertiary/aromatic N) is 4.